The van der Waals surface area contributed by atoms with Gasteiger partial charge in [0.1, 0.15) is 0 Å². The summed E-state index contributed by atoms with van der Waals surface area (Å²) in [5, 5.41) is 6.80. The maximum atomic E-state index is 12.9. The molecule has 0 spiro atoms. The standard InChI is InChI=1S/C14H18N2O2S3/c1-15-8-13-7-14(10-20-13)21(17,18)16(11-4-5-11)9-12-3-2-6-19-12/h2-3,6-7,10-11,15H,4-5,8-9H2,1H3. The first-order chi connectivity index (χ1) is 10.1. The van der Waals surface area contributed by atoms with Gasteiger partial charge < -0.3 is 5.32 Å². The number of rotatable bonds is 7. The third-order valence-electron chi connectivity index (χ3n) is 3.43. The molecule has 1 aliphatic carbocycles. The molecule has 0 aliphatic heterocycles. The fraction of sp³-hybridized carbons (Fsp3) is 0.429. The first-order valence-electron chi connectivity index (χ1n) is 6.87. The van der Waals surface area contributed by atoms with Crippen LogP contribution in [-0.4, -0.2) is 25.8 Å². The molecule has 0 unspecified atom stereocenters. The second-order valence-corrected chi connectivity index (χ2v) is 9.06. The van der Waals surface area contributed by atoms with Gasteiger partial charge in [-0.1, -0.05) is 6.07 Å². The summed E-state index contributed by atoms with van der Waals surface area (Å²) < 4.78 is 27.4. The molecule has 21 heavy (non-hydrogen) atoms. The zero-order valence-corrected chi connectivity index (χ0v) is 14.2. The van der Waals surface area contributed by atoms with Crippen LogP contribution in [0.5, 0.6) is 0 Å². The third-order valence-corrected chi connectivity index (χ3v) is 7.26. The van der Waals surface area contributed by atoms with E-state index in [9.17, 15) is 8.42 Å². The number of hydrogen-bond acceptors (Lipinski definition) is 5. The van der Waals surface area contributed by atoms with E-state index in [1.54, 1.807) is 27.1 Å². The van der Waals surface area contributed by atoms with Crippen molar-refractivity contribution in [2.24, 2.45) is 0 Å². The van der Waals surface area contributed by atoms with Gasteiger partial charge in [-0.3, -0.25) is 0 Å². The average molecular weight is 343 g/mol. The maximum Gasteiger partial charge on any atom is 0.244 e. The lowest BCUT2D eigenvalue weighted by molar-refractivity contribution is 0.401. The van der Waals surface area contributed by atoms with Crippen molar-refractivity contribution in [2.45, 2.75) is 36.9 Å². The summed E-state index contributed by atoms with van der Waals surface area (Å²) in [4.78, 5) is 2.57. The molecule has 1 aliphatic rings. The van der Waals surface area contributed by atoms with E-state index in [0.29, 0.717) is 18.0 Å². The molecule has 1 N–H and O–H groups in total. The number of nitrogens with one attached hydrogen (secondary N) is 1. The second-order valence-electron chi connectivity index (χ2n) is 5.14. The molecule has 3 rings (SSSR count). The SMILES string of the molecule is CNCc1cc(S(=O)(=O)N(Cc2cccs2)C2CC2)cs1. The lowest BCUT2D eigenvalue weighted by Gasteiger charge is -2.20. The van der Waals surface area contributed by atoms with E-state index < -0.39 is 10.0 Å². The molecular formula is C14H18N2O2S3. The molecule has 2 aromatic heterocycles. The Morgan fingerprint density at radius 1 is 1.33 bits per heavy atom. The highest BCUT2D eigenvalue weighted by Gasteiger charge is 2.38. The number of thiophene rings is 2. The Morgan fingerprint density at radius 3 is 2.76 bits per heavy atom. The molecule has 0 radical (unpaired) electrons. The fourth-order valence-corrected chi connectivity index (χ4v) is 5.95. The van der Waals surface area contributed by atoms with Crippen LogP contribution in [-0.2, 0) is 23.1 Å². The lowest BCUT2D eigenvalue weighted by atomic mass is 10.4. The van der Waals surface area contributed by atoms with Gasteiger partial charge in [0, 0.05) is 34.3 Å². The zero-order valence-electron chi connectivity index (χ0n) is 11.8. The topological polar surface area (TPSA) is 49.4 Å². The van der Waals surface area contributed by atoms with Crippen molar-refractivity contribution in [1.29, 1.82) is 0 Å². The molecule has 1 fully saturated rings. The van der Waals surface area contributed by atoms with E-state index in [4.69, 9.17) is 0 Å². The van der Waals surface area contributed by atoms with Crippen molar-refractivity contribution in [3.63, 3.8) is 0 Å². The minimum atomic E-state index is -3.39. The molecular weight excluding hydrogens is 324 g/mol. The van der Waals surface area contributed by atoms with E-state index >= 15 is 0 Å². The van der Waals surface area contributed by atoms with Crippen molar-refractivity contribution in [1.82, 2.24) is 9.62 Å². The number of sulfonamides is 1. The predicted octanol–water partition coefficient (Wildman–Crippen LogP) is 2.88. The van der Waals surface area contributed by atoms with E-state index in [1.807, 2.05) is 24.6 Å². The predicted molar refractivity (Wildman–Crippen MR) is 87.2 cm³/mol. The Bertz CT molecular complexity index is 688. The molecule has 0 amide bonds. The van der Waals surface area contributed by atoms with Crippen molar-refractivity contribution in [2.75, 3.05) is 7.05 Å². The summed E-state index contributed by atoms with van der Waals surface area (Å²) in [6.45, 7) is 1.19. The van der Waals surface area contributed by atoms with Gasteiger partial charge in [0.25, 0.3) is 0 Å². The second kappa shape index (κ2) is 6.18. The van der Waals surface area contributed by atoms with Gasteiger partial charge in [-0.15, -0.1) is 22.7 Å². The summed E-state index contributed by atoms with van der Waals surface area (Å²) in [5.74, 6) is 0. The summed E-state index contributed by atoms with van der Waals surface area (Å²) in [7, 11) is -1.53. The van der Waals surface area contributed by atoms with Crippen LogP contribution in [0.3, 0.4) is 0 Å². The first kappa shape index (κ1) is 15.2. The molecule has 4 nitrogen and oxygen atoms in total. The monoisotopic (exact) mass is 342 g/mol. The maximum absolute atomic E-state index is 12.9. The van der Waals surface area contributed by atoms with Gasteiger partial charge in [-0.25, -0.2) is 8.42 Å². The van der Waals surface area contributed by atoms with Crippen LogP contribution in [0.15, 0.2) is 33.9 Å². The summed E-state index contributed by atoms with van der Waals surface area (Å²) in [5.41, 5.74) is 0. The molecule has 114 valence electrons. The highest BCUT2D eigenvalue weighted by atomic mass is 32.2. The molecule has 7 heteroatoms. The van der Waals surface area contributed by atoms with Gasteiger partial charge in [-0.2, -0.15) is 4.31 Å². The van der Waals surface area contributed by atoms with Crippen LogP contribution in [0.2, 0.25) is 0 Å². The highest BCUT2D eigenvalue weighted by molar-refractivity contribution is 7.89. The lowest BCUT2D eigenvalue weighted by Crippen LogP contribution is -2.32. The Morgan fingerprint density at radius 2 is 2.14 bits per heavy atom. The average Bonchev–Trinajstić information content (AvgIpc) is 2.96. The third kappa shape index (κ3) is 3.37. The van der Waals surface area contributed by atoms with E-state index in [2.05, 4.69) is 5.32 Å². The van der Waals surface area contributed by atoms with Gasteiger partial charge in [0.2, 0.25) is 10.0 Å². The van der Waals surface area contributed by atoms with Crippen LogP contribution in [0.4, 0.5) is 0 Å². The van der Waals surface area contributed by atoms with Crippen LogP contribution in [0.25, 0.3) is 0 Å². The quantitative estimate of drug-likeness (QED) is 0.842. The molecule has 0 aromatic carbocycles. The van der Waals surface area contributed by atoms with E-state index in [1.165, 1.54) is 11.3 Å². The van der Waals surface area contributed by atoms with Crippen molar-refractivity contribution >= 4 is 32.7 Å². The Kier molecular flexibility index (Phi) is 4.46. The van der Waals surface area contributed by atoms with Crippen molar-refractivity contribution in [3.05, 3.63) is 38.7 Å². The van der Waals surface area contributed by atoms with Crippen LogP contribution < -0.4 is 5.32 Å². The van der Waals surface area contributed by atoms with Gasteiger partial charge >= 0.3 is 0 Å². The largest absolute Gasteiger partial charge is 0.315 e. The van der Waals surface area contributed by atoms with Gasteiger partial charge in [-0.05, 0) is 37.4 Å². The zero-order chi connectivity index (χ0) is 14.9. The molecule has 1 saturated carbocycles. The molecule has 0 atom stereocenters. The van der Waals surface area contributed by atoms with E-state index in [0.717, 1.165) is 22.6 Å². The summed E-state index contributed by atoms with van der Waals surface area (Å²) in [6.07, 6.45) is 1.94. The van der Waals surface area contributed by atoms with Crippen molar-refractivity contribution < 1.29 is 8.42 Å². The number of hydrogen-bond donors (Lipinski definition) is 1. The summed E-state index contributed by atoms with van der Waals surface area (Å²) >= 11 is 3.10. The number of nitrogens with zero attached hydrogens (tertiary/aromatic N) is 1. The molecule has 0 saturated heterocycles. The fourth-order valence-electron chi connectivity index (χ4n) is 2.23. The Labute approximate surface area is 133 Å². The molecule has 0 bridgehead atoms. The smallest absolute Gasteiger partial charge is 0.244 e. The minimum absolute atomic E-state index is 0.171. The van der Waals surface area contributed by atoms with Crippen LogP contribution >= 0.6 is 22.7 Å². The van der Waals surface area contributed by atoms with Crippen LogP contribution in [0, 0.1) is 0 Å². The molecule has 2 heterocycles. The molecule has 2 aromatic rings. The van der Waals surface area contributed by atoms with Gasteiger partial charge in [0.15, 0.2) is 0 Å². The Balaban J connectivity index is 1.85. The van der Waals surface area contributed by atoms with Crippen molar-refractivity contribution in [3.8, 4) is 0 Å². The normalized spacial score (nSPS) is 15.7. The minimum Gasteiger partial charge on any atom is -0.315 e. The van der Waals surface area contributed by atoms with E-state index in [-0.39, 0.29) is 6.04 Å². The highest BCUT2D eigenvalue weighted by Crippen LogP contribution is 2.35. The van der Waals surface area contributed by atoms with Gasteiger partial charge in [0.05, 0.1) is 4.90 Å². The van der Waals surface area contributed by atoms with Crippen LogP contribution in [0.1, 0.15) is 22.6 Å². The Hall–Kier alpha value is -0.730. The summed E-state index contributed by atoms with van der Waals surface area (Å²) in [6, 6.07) is 5.92. The first-order valence-corrected chi connectivity index (χ1v) is 10.1.